The van der Waals surface area contributed by atoms with Crippen LogP contribution in [-0.4, -0.2) is 34.3 Å². The van der Waals surface area contributed by atoms with E-state index in [1.165, 1.54) is 101 Å². The van der Waals surface area contributed by atoms with Gasteiger partial charge in [-0.15, -0.1) is 0 Å². The zero-order chi connectivity index (χ0) is 30.5. The van der Waals surface area contributed by atoms with Crippen LogP contribution in [0.4, 0.5) is 8.78 Å². The lowest BCUT2D eigenvalue weighted by atomic mass is 9.75. The van der Waals surface area contributed by atoms with Gasteiger partial charge in [-0.2, -0.15) is 0 Å². The van der Waals surface area contributed by atoms with E-state index >= 15 is 0 Å². The molecule has 0 aromatic heterocycles. The average molecular weight is 584 g/mol. The highest BCUT2D eigenvalue weighted by atomic mass is 19.1. The standard InChI is InChI=1S/2C17H26BFO2/c2*1-2-3-4-5-13-6-8-14(9-7-13)15-10-11-16(18(20)21)17(19)12-15/h2*10-14,20-21H,2-9H2,1H3. The predicted octanol–water partition coefficient (Wildman–Crippen LogP) is 6.72. The Hall–Kier alpha value is -1.73. The van der Waals surface area contributed by atoms with Gasteiger partial charge >= 0.3 is 14.2 Å². The molecule has 42 heavy (non-hydrogen) atoms. The minimum Gasteiger partial charge on any atom is -0.423 e. The van der Waals surface area contributed by atoms with Crippen LogP contribution in [0.1, 0.15) is 140 Å². The van der Waals surface area contributed by atoms with E-state index in [0.717, 1.165) is 48.6 Å². The second kappa shape index (κ2) is 18.2. The molecule has 4 nitrogen and oxygen atoms in total. The van der Waals surface area contributed by atoms with Gasteiger partial charge in [0.25, 0.3) is 0 Å². The van der Waals surface area contributed by atoms with Gasteiger partial charge in [-0.05, 0) is 98.3 Å². The van der Waals surface area contributed by atoms with Gasteiger partial charge in [0.2, 0.25) is 0 Å². The highest BCUT2D eigenvalue weighted by Gasteiger charge is 2.25. The summed E-state index contributed by atoms with van der Waals surface area (Å²) >= 11 is 0. The second-order valence-corrected chi connectivity index (χ2v) is 12.7. The summed E-state index contributed by atoms with van der Waals surface area (Å²) in [6, 6.07) is 9.67. The molecule has 8 heteroatoms. The van der Waals surface area contributed by atoms with Crippen LogP contribution >= 0.6 is 0 Å². The van der Waals surface area contributed by atoms with E-state index in [2.05, 4.69) is 13.8 Å². The maximum Gasteiger partial charge on any atom is 0.491 e. The fraction of sp³-hybridized carbons (Fsp3) is 0.647. The molecule has 2 aliphatic rings. The summed E-state index contributed by atoms with van der Waals surface area (Å²) in [5, 5.41) is 36.2. The number of rotatable bonds is 12. The highest BCUT2D eigenvalue weighted by Crippen LogP contribution is 2.39. The maximum absolute atomic E-state index is 13.8. The van der Waals surface area contributed by atoms with Crippen LogP contribution in [0, 0.1) is 23.5 Å². The third-order valence-corrected chi connectivity index (χ3v) is 9.67. The van der Waals surface area contributed by atoms with Crippen LogP contribution in [0.5, 0.6) is 0 Å². The first-order valence-corrected chi connectivity index (χ1v) is 16.5. The Balaban J connectivity index is 0.000000230. The smallest absolute Gasteiger partial charge is 0.423 e. The Morgan fingerprint density at radius 3 is 1.21 bits per heavy atom. The third kappa shape index (κ3) is 10.8. The van der Waals surface area contributed by atoms with Crippen molar-refractivity contribution in [2.24, 2.45) is 11.8 Å². The van der Waals surface area contributed by atoms with Gasteiger partial charge in [0.15, 0.2) is 0 Å². The molecule has 2 aliphatic carbocycles. The predicted molar refractivity (Wildman–Crippen MR) is 170 cm³/mol. The number of hydrogen-bond acceptors (Lipinski definition) is 4. The van der Waals surface area contributed by atoms with Crippen LogP contribution < -0.4 is 10.9 Å². The summed E-state index contributed by atoms with van der Waals surface area (Å²) in [5.74, 6) is 1.52. The Kier molecular flexibility index (Phi) is 15.0. The SMILES string of the molecule is CCCCCC1CCC(c2ccc(B(O)O)c(F)c2)CC1.CCCCCC1CCC(c2ccc(B(O)O)c(F)c2)CC1. The summed E-state index contributed by atoms with van der Waals surface area (Å²) in [6.45, 7) is 4.47. The molecule has 2 aromatic rings. The van der Waals surface area contributed by atoms with Crippen molar-refractivity contribution in [1.82, 2.24) is 0 Å². The Bertz CT molecular complexity index is 968. The fourth-order valence-corrected chi connectivity index (χ4v) is 6.95. The number of hydrogen-bond donors (Lipinski definition) is 4. The summed E-state index contributed by atoms with van der Waals surface area (Å²) in [6.07, 6.45) is 20.0. The lowest BCUT2D eigenvalue weighted by molar-refractivity contribution is 0.302. The monoisotopic (exact) mass is 584 g/mol. The molecular formula is C34H52B2F2O4. The van der Waals surface area contributed by atoms with Crippen molar-refractivity contribution in [2.75, 3.05) is 0 Å². The normalized spacial score (nSPS) is 22.3. The molecule has 0 spiro atoms. The van der Waals surface area contributed by atoms with E-state index < -0.39 is 25.9 Å². The van der Waals surface area contributed by atoms with E-state index in [0.29, 0.717) is 11.8 Å². The summed E-state index contributed by atoms with van der Waals surface area (Å²) in [4.78, 5) is 0. The van der Waals surface area contributed by atoms with Gasteiger partial charge in [-0.3, -0.25) is 0 Å². The minimum atomic E-state index is -1.73. The molecule has 0 saturated heterocycles. The number of benzene rings is 2. The molecule has 0 unspecified atom stereocenters. The lowest BCUT2D eigenvalue weighted by Gasteiger charge is -2.29. The van der Waals surface area contributed by atoms with Crippen molar-refractivity contribution in [3.63, 3.8) is 0 Å². The Labute approximate surface area is 253 Å². The molecule has 4 N–H and O–H groups in total. The quantitative estimate of drug-likeness (QED) is 0.165. The highest BCUT2D eigenvalue weighted by molar-refractivity contribution is 6.59. The lowest BCUT2D eigenvalue weighted by Crippen LogP contribution is -2.32. The molecule has 0 heterocycles. The molecule has 0 radical (unpaired) electrons. The number of halogens is 2. The first kappa shape index (κ1) is 34.8. The van der Waals surface area contributed by atoms with Crippen LogP contribution in [0.15, 0.2) is 36.4 Å². The number of unbranched alkanes of at least 4 members (excludes halogenated alkanes) is 4. The molecule has 232 valence electrons. The maximum atomic E-state index is 13.8. The largest absolute Gasteiger partial charge is 0.491 e. The Morgan fingerprint density at radius 1 is 0.571 bits per heavy atom. The average Bonchev–Trinajstić information content (AvgIpc) is 2.98. The molecule has 2 saturated carbocycles. The van der Waals surface area contributed by atoms with E-state index in [1.807, 2.05) is 12.1 Å². The Morgan fingerprint density at radius 2 is 0.929 bits per heavy atom. The van der Waals surface area contributed by atoms with Gasteiger partial charge in [-0.25, -0.2) is 8.78 Å². The van der Waals surface area contributed by atoms with Crippen LogP contribution in [0.3, 0.4) is 0 Å². The summed E-state index contributed by atoms with van der Waals surface area (Å²) < 4.78 is 27.6. The zero-order valence-corrected chi connectivity index (χ0v) is 25.8. The van der Waals surface area contributed by atoms with Crippen LogP contribution in [0.25, 0.3) is 0 Å². The van der Waals surface area contributed by atoms with Crippen molar-refractivity contribution in [1.29, 1.82) is 0 Å². The molecule has 2 fully saturated rings. The topological polar surface area (TPSA) is 80.9 Å². The zero-order valence-electron chi connectivity index (χ0n) is 25.8. The molecule has 0 amide bonds. The molecule has 0 bridgehead atoms. The van der Waals surface area contributed by atoms with Gasteiger partial charge in [0.1, 0.15) is 11.6 Å². The molecule has 0 atom stereocenters. The molecule has 0 aliphatic heterocycles. The van der Waals surface area contributed by atoms with Crippen molar-refractivity contribution in [2.45, 2.75) is 128 Å². The van der Waals surface area contributed by atoms with Gasteiger partial charge in [0.05, 0.1) is 0 Å². The summed E-state index contributed by atoms with van der Waals surface area (Å²) in [5.41, 5.74) is 1.94. The van der Waals surface area contributed by atoms with Crippen LogP contribution in [-0.2, 0) is 0 Å². The first-order valence-electron chi connectivity index (χ1n) is 16.5. The molecular weight excluding hydrogens is 532 g/mol. The van der Waals surface area contributed by atoms with Gasteiger partial charge < -0.3 is 20.1 Å². The van der Waals surface area contributed by atoms with E-state index in [4.69, 9.17) is 20.1 Å². The molecule has 2 aromatic carbocycles. The molecule has 4 rings (SSSR count). The van der Waals surface area contributed by atoms with Crippen molar-refractivity contribution < 1.29 is 28.9 Å². The van der Waals surface area contributed by atoms with E-state index in [9.17, 15) is 8.78 Å². The fourth-order valence-electron chi connectivity index (χ4n) is 6.95. The first-order chi connectivity index (χ1) is 20.2. The van der Waals surface area contributed by atoms with Gasteiger partial charge in [0, 0.05) is 10.9 Å². The third-order valence-electron chi connectivity index (χ3n) is 9.67. The van der Waals surface area contributed by atoms with E-state index in [-0.39, 0.29) is 10.9 Å². The van der Waals surface area contributed by atoms with Crippen molar-refractivity contribution >= 4 is 25.2 Å². The minimum absolute atomic E-state index is 0.0352. The van der Waals surface area contributed by atoms with Crippen molar-refractivity contribution in [3.8, 4) is 0 Å². The van der Waals surface area contributed by atoms with Gasteiger partial charge in [-0.1, -0.05) is 89.5 Å². The van der Waals surface area contributed by atoms with E-state index in [1.54, 1.807) is 0 Å². The van der Waals surface area contributed by atoms with Crippen LogP contribution in [0.2, 0.25) is 0 Å². The second-order valence-electron chi connectivity index (χ2n) is 12.7. The van der Waals surface area contributed by atoms with Crippen molar-refractivity contribution in [3.05, 3.63) is 59.2 Å². The summed E-state index contributed by atoms with van der Waals surface area (Å²) in [7, 11) is -3.46.